The Balaban J connectivity index is 1.79. The van der Waals surface area contributed by atoms with Crippen LogP contribution in [0.3, 0.4) is 0 Å². The molecular weight excluding hydrogens is 236 g/mol. The van der Waals surface area contributed by atoms with Crippen molar-refractivity contribution in [3.63, 3.8) is 0 Å². The molecule has 0 radical (unpaired) electrons. The third-order valence-electron chi connectivity index (χ3n) is 2.84. The van der Waals surface area contributed by atoms with Gasteiger partial charge in [0.1, 0.15) is 6.54 Å². The Morgan fingerprint density at radius 1 is 1.71 bits per heavy atom. The second-order valence-corrected chi connectivity index (χ2v) is 5.36. The fraction of sp³-hybridized carbons (Fsp3) is 0.636. The van der Waals surface area contributed by atoms with E-state index >= 15 is 0 Å². The number of hydrogen-bond acceptors (Lipinski definition) is 4. The van der Waals surface area contributed by atoms with Crippen LogP contribution in [-0.2, 0) is 11.3 Å². The van der Waals surface area contributed by atoms with Gasteiger partial charge in [0.2, 0.25) is 5.91 Å². The fourth-order valence-corrected chi connectivity index (χ4v) is 3.06. The number of nitrogens with one attached hydrogen (secondary N) is 2. The minimum atomic E-state index is -0.0353. The topological polar surface area (TPSA) is 59.0 Å². The Labute approximate surface area is 105 Å². The minimum absolute atomic E-state index is 0.0353. The highest BCUT2D eigenvalue weighted by Crippen LogP contribution is 2.23. The molecule has 1 aromatic heterocycles. The van der Waals surface area contributed by atoms with Crippen LogP contribution < -0.4 is 10.6 Å². The standard InChI is InChI=1S/C11H18N4OS/c1-12-11(16)7-15-6-10(5-14-15)13-4-9-2-3-17-8-9/h5-6,9,13H,2-4,7-8H2,1H3,(H,12,16). The summed E-state index contributed by atoms with van der Waals surface area (Å²) < 4.78 is 1.64. The van der Waals surface area contributed by atoms with Crippen LogP contribution in [0.1, 0.15) is 6.42 Å². The third kappa shape index (κ3) is 3.66. The van der Waals surface area contributed by atoms with Gasteiger partial charge in [-0.25, -0.2) is 0 Å². The lowest BCUT2D eigenvalue weighted by atomic mass is 10.1. The molecule has 0 spiro atoms. The molecule has 2 N–H and O–H groups in total. The largest absolute Gasteiger partial charge is 0.382 e. The molecule has 2 rings (SSSR count). The number of thioether (sulfide) groups is 1. The Hall–Kier alpha value is -1.17. The van der Waals surface area contributed by atoms with Crippen LogP contribution in [0.2, 0.25) is 0 Å². The van der Waals surface area contributed by atoms with Crippen LogP contribution >= 0.6 is 11.8 Å². The molecule has 0 aromatic carbocycles. The lowest BCUT2D eigenvalue weighted by molar-refractivity contribution is -0.121. The Morgan fingerprint density at radius 2 is 2.59 bits per heavy atom. The number of rotatable bonds is 5. The van der Waals surface area contributed by atoms with Gasteiger partial charge in [-0.15, -0.1) is 0 Å². The lowest BCUT2D eigenvalue weighted by Crippen LogP contribution is -2.23. The van der Waals surface area contributed by atoms with Gasteiger partial charge in [-0.2, -0.15) is 16.9 Å². The highest BCUT2D eigenvalue weighted by molar-refractivity contribution is 7.99. The van der Waals surface area contributed by atoms with E-state index in [1.165, 1.54) is 17.9 Å². The molecular formula is C11H18N4OS. The van der Waals surface area contributed by atoms with Gasteiger partial charge < -0.3 is 10.6 Å². The second-order valence-electron chi connectivity index (χ2n) is 4.21. The van der Waals surface area contributed by atoms with E-state index in [1.54, 1.807) is 17.9 Å². The van der Waals surface area contributed by atoms with E-state index in [0.717, 1.165) is 18.2 Å². The quantitative estimate of drug-likeness (QED) is 0.816. The number of anilines is 1. The molecule has 1 aromatic rings. The predicted octanol–water partition coefficient (Wildman–Crippen LogP) is 0.794. The molecule has 0 saturated carbocycles. The molecule has 0 aliphatic carbocycles. The Kier molecular flexibility index (Phi) is 4.30. The molecule has 5 nitrogen and oxygen atoms in total. The van der Waals surface area contributed by atoms with Gasteiger partial charge in [-0.1, -0.05) is 0 Å². The number of nitrogens with zero attached hydrogens (tertiary/aromatic N) is 2. The number of likely N-dealkylation sites (N-methyl/N-ethyl adjacent to an activating group) is 1. The van der Waals surface area contributed by atoms with Crippen LogP contribution in [0.25, 0.3) is 0 Å². The van der Waals surface area contributed by atoms with Gasteiger partial charge in [0, 0.05) is 19.8 Å². The monoisotopic (exact) mass is 254 g/mol. The molecule has 0 bridgehead atoms. The SMILES string of the molecule is CNC(=O)Cn1cc(NCC2CCSC2)cn1. The van der Waals surface area contributed by atoms with Gasteiger partial charge in [-0.05, 0) is 23.8 Å². The first-order chi connectivity index (χ1) is 8.28. The van der Waals surface area contributed by atoms with Crippen molar-refractivity contribution in [2.24, 2.45) is 5.92 Å². The summed E-state index contributed by atoms with van der Waals surface area (Å²) in [5.74, 6) is 3.26. The summed E-state index contributed by atoms with van der Waals surface area (Å²) >= 11 is 2.02. The summed E-state index contributed by atoms with van der Waals surface area (Å²) in [6, 6.07) is 0. The van der Waals surface area contributed by atoms with E-state index < -0.39 is 0 Å². The highest BCUT2D eigenvalue weighted by atomic mass is 32.2. The molecule has 1 unspecified atom stereocenters. The van der Waals surface area contributed by atoms with Crippen molar-refractivity contribution in [3.8, 4) is 0 Å². The maximum atomic E-state index is 11.2. The number of carbonyl (C=O) groups excluding carboxylic acids is 1. The number of carbonyl (C=O) groups is 1. The van der Waals surface area contributed by atoms with E-state index in [-0.39, 0.29) is 12.5 Å². The summed E-state index contributed by atoms with van der Waals surface area (Å²) in [6.07, 6.45) is 4.94. The van der Waals surface area contributed by atoms with Crippen molar-refractivity contribution >= 4 is 23.4 Å². The highest BCUT2D eigenvalue weighted by Gasteiger charge is 2.15. The zero-order chi connectivity index (χ0) is 12.1. The fourth-order valence-electron chi connectivity index (χ4n) is 1.77. The van der Waals surface area contributed by atoms with E-state index in [2.05, 4.69) is 15.7 Å². The van der Waals surface area contributed by atoms with Gasteiger partial charge >= 0.3 is 0 Å². The molecule has 1 atom stereocenters. The van der Waals surface area contributed by atoms with Crippen molar-refractivity contribution in [2.75, 3.05) is 30.4 Å². The maximum Gasteiger partial charge on any atom is 0.241 e. The average Bonchev–Trinajstić information content (AvgIpc) is 2.97. The van der Waals surface area contributed by atoms with Gasteiger partial charge in [0.25, 0.3) is 0 Å². The molecule has 2 heterocycles. The van der Waals surface area contributed by atoms with E-state index in [9.17, 15) is 4.79 Å². The van der Waals surface area contributed by atoms with E-state index in [4.69, 9.17) is 0 Å². The zero-order valence-corrected chi connectivity index (χ0v) is 10.8. The van der Waals surface area contributed by atoms with Crippen molar-refractivity contribution in [2.45, 2.75) is 13.0 Å². The molecule has 1 amide bonds. The van der Waals surface area contributed by atoms with Gasteiger partial charge in [0.05, 0.1) is 11.9 Å². The number of aromatic nitrogens is 2. The summed E-state index contributed by atoms with van der Waals surface area (Å²) in [6.45, 7) is 1.27. The van der Waals surface area contributed by atoms with Gasteiger partial charge in [0.15, 0.2) is 0 Å². The Bertz CT molecular complexity index is 373. The smallest absolute Gasteiger partial charge is 0.241 e. The average molecular weight is 254 g/mol. The first-order valence-corrected chi connectivity index (χ1v) is 6.98. The second kappa shape index (κ2) is 5.95. The lowest BCUT2D eigenvalue weighted by Gasteiger charge is -2.08. The van der Waals surface area contributed by atoms with Crippen LogP contribution in [-0.4, -0.2) is 40.8 Å². The molecule has 1 saturated heterocycles. The van der Waals surface area contributed by atoms with Crippen molar-refractivity contribution in [1.82, 2.24) is 15.1 Å². The predicted molar refractivity (Wildman–Crippen MR) is 70.2 cm³/mol. The van der Waals surface area contributed by atoms with Crippen LogP contribution in [0.15, 0.2) is 12.4 Å². The third-order valence-corrected chi connectivity index (χ3v) is 4.07. The van der Waals surface area contributed by atoms with Gasteiger partial charge in [-0.3, -0.25) is 9.48 Å². The molecule has 1 aliphatic heterocycles. The summed E-state index contributed by atoms with van der Waals surface area (Å²) in [7, 11) is 1.63. The first kappa shape index (κ1) is 12.3. The minimum Gasteiger partial charge on any atom is -0.382 e. The maximum absolute atomic E-state index is 11.2. The van der Waals surface area contributed by atoms with E-state index in [0.29, 0.717) is 0 Å². The van der Waals surface area contributed by atoms with Crippen molar-refractivity contribution in [1.29, 1.82) is 0 Å². The molecule has 6 heteroatoms. The van der Waals surface area contributed by atoms with Crippen molar-refractivity contribution in [3.05, 3.63) is 12.4 Å². The summed E-state index contributed by atoms with van der Waals surface area (Å²) in [5, 5.41) is 10.1. The summed E-state index contributed by atoms with van der Waals surface area (Å²) in [5.41, 5.74) is 0.991. The van der Waals surface area contributed by atoms with Crippen molar-refractivity contribution < 1.29 is 4.79 Å². The molecule has 17 heavy (non-hydrogen) atoms. The summed E-state index contributed by atoms with van der Waals surface area (Å²) in [4.78, 5) is 11.2. The first-order valence-electron chi connectivity index (χ1n) is 5.82. The normalized spacial score (nSPS) is 19.2. The Morgan fingerprint density at radius 3 is 3.29 bits per heavy atom. The molecule has 1 aliphatic rings. The molecule has 1 fully saturated rings. The zero-order valence-electron chi connectivity index (χ0n) is 9.98. The van der Waals surface area contributed by atoms with Crippen LogP contribution in [0.4, 0.5) is 5.69 Å². The molecule has 94 valence electrons. The van der Waals surface area contributed by atoms with Crippen LogP contribution in [0.5, 0.6) is 0 Å². The number of amides is 1. The van der Waals surface area contributed by atoms with E-state index in [1.807, 2.05) is 18.0 Å². The van der Waals surface area contributed by atoms with Crippen LogP contribution in [0, 0.1) is 5.92 Å². The number of hydrogen-bond donors (Lipinski definition) is 2.